The predicted molar refractivity (Wildman–Crippen MR) is 66.8 cm³/mol. The molecule has 0 saturated carbocycles. The Morgan fingerprint density at radius 1 is 1.47 bits per heavy atom. The van der Waals surface area contributed by atoms with Gasteiger partial charge < -0.3 is 10.6 Å². The van der Waals surface area contributed by atoms with Crippen LogP contribution in [0.25, 0.3) is 0 Å². The van der Waals surface area contributed by atoms with Crippen molar-refractivity contribution in [3.05, 3.63) is 28.5 Å². The number of nitrogens with one attached hydrogen (secondary N) is 2. The Hall–Kier alpha value is -0.450. The Kier molecular flexibility index (Phi) is 5.83. The summed E-state index contributed by atoms with van der Waals surface area (Å²) in [5.41, 5.74) is 1.07. The molecular formula is C11H18BrN3. The number of hydrogen-bond acceptors (Lipinski definition) is 3. The van der Waals surface area contributed by atoms with Gasteiger partial charge in [-0.3, -0.25) is 4.98 Å². The maximum atomic E-state index is 4.30. The Labute approximate surface area is 99.8 Å². The van der Waals surface area contributed by atoms with E-state index in [1.165, 1.54) is 0 Å². The Balaban J connectivity index is 2.27. The minimum Gasteiger partial charge on any atom is -0.315 e. The van der Waals surface area contributed by atoms with Crippen LogP contribution < -0.4 is 10.6 Å². The molecule has 2 N–H and O–H groups in total. The lowest BCUT2D eigenvalue weighted by Gasteiger charge is -2.13. The summed E-state index contributed by atoms with van der Waals surface area (Å²) in [5, 5.41) is 6.72. The first-order valence-electron chi connectivity index (χ1n) is 5.27. The number of aromatic nitrogens is 1. The summed E-state index contributed by atoms with van der Waals surface area (Å²) in [4.78, 5) is 4.30. The van der Waals surface area contributed by atoms with Crippen LogP contribution in [-0.2, 0) is 6.54 Å². The van der Waals surface area contributed by atoms with Crippen molar-refractivity contribution in [1.82, 2.24) is 15.6 Å². The van der Waals surface area contributed by atoms with Gasteiger partial charge in [0, 0.05) is 29.8 Å². The molecule has 15 heavy (non-hydrogen) atoms. The molecule has 0 bridgehead atoms. The number of halogens is 1. The molecule has 0 radical (unpaired) electrons. The second-order valence-corrected chi connectivity index (χ2v) is 4.47. The van der Waals surface area contributed by atoms with Crippen LogP contribution in [0, 0.1) is 0 Å². The van der Waals surface area contributed by atoms with Crippen molar-refractivity contribution in [2.24, 2.45) is 0 Å². The second kappa shape index (κ2) is 6.93. The maximum Gasteiger partial charge on any atom is 0.0542 e. The van der Waals surface area contributed by atoms with E-state index in [1.54, 1.807) is 0 Å². The lowest BCUT2D eigenvalue weighted by Crippen LogP contribution is -2.35. The monoisotopic (exact) mass is 271 g/mol. The highest BCUT2D eigenvalue weighted by molar-refractivity contribution is 9.10. The van der Waals surface area contributed by atoms with E-state index < -0.39 is 0 Å². The van der Waals surface area contributed by atoms with Gasteiger partial charge in [0.1, 0.15) is 0 Å². The average Bonchev–Trinajstić information content (AvgIpc) is 2.25. The van der Waals surface area contributed by atoms with Crippen LogP contribution in [0.2, 0.25) is 0 Å². The van der Waals surface area contributed by atoms with E-state index in [0.717, 1.165) is 29.8 Å². The molecule has 84 valence electrons. The summed E-state index contributed by atoms with van der Waals surface area (Å²) >= 11 is 3.37. The van der Waals surface area contributed by atoms with E-state index in [1.807, 2.05) is 18.3 Å². The fourth-order valence-electron chi connectivity index (χ4n) is 1.22. The van der Waals surface area contributed by atoms with Gasteiger partial charge in [0.25, 0.3) is 0 Å². The van der Waals surface area contributed by atoms with Gasteiger partial charge in [0.2, 0.25) is 0 Å². The van der Waals surface area contributed by atoms with Gasteiger partial charge in [-0.05, 0) is 41.5 Å². The molecule has 0 fully saturated rings. The van der Waals surface area contributed by atoms with Gasteiger partial charge in [-0.15, -0.1) is 0 Å². The van der Waals surface area contributed by atoms with Crippen LogP contribution in [0.3, 0.4) is 0 Å². The Bertz CT molecular complexity index is 274. The van der Waals surface area contributed by atoms with E-state index in [9.17, 15) is 0 Å². The fourth-order valence-corrected chi connectivity index (χ4v) is 1.46. The van der Waals surface area contributed by atoms with Crippen molar-refractivity contribution >= 4 is 15.9 Å². The summed E-state index contributed by atoms with van der Waals surface area (Å²) in [5.74, 6) is 0. The van der Waals surface area contributed by atoms with Crippen molar-refractivity contribution in [1.29, 1.82) is 0 Å². The number of rotatable bonds is 6. The molecule has 1 atom stereocenters. The average molecular weight is 272 g/mol. The fraction of sp³-hybridized carbons (Fsp3) is 0.545. The highest BCUT2D eigenvalue weighted by Gasteiger charge is 2.00. The first-order chi connectivity index (χ1) is 7.22. The van der Waals surface area contributed by atoms with Crippen LogP contribution in [-0.4, -0.2) is 24.1 Å². The van der Waals surface area contributed by atoms with E-state index >= 15 is 0 Å². The molecule has 0 amide bonds. The third-order valence-corrected chi connectivity index (χ3v) is 2.59. The molecule has 0 aliphatic carbocycles. The SMILES string of the molecule is CCNCC(C)NCc1ccc(Br)cn1. The zero-order chi connectivity index (χ0) is 11.1. The molecule has 1 aromatic rings. The second-order valence-electron chi connectivity index (χ2n) is 3.56. The number of pyridine rings is 1. The molecule has 1 unspecified atom stereocenters. The van der Waals surface area contributed by atoms with Gasteiger partial charge in [0.15, 0.2) is 0 Å². The molecule has 0 saturated heterocycles. The summed E-state index contributed by atoms with van der Waals surface area (Å²) in [6.07, 6.45) is 1.83. The molecule has 1 heterocycles. The van der Waals surface area contributed by atoms with Crippen molar-refractivity contribution in [2.75, 3.05) is 13.1 Å². The lowest BCUT2D eigenvalue weighted by molar-refractivity contribution is 0.505. The van der Waals surface area contributed by atoms with E-state index in [0.29, 0.717) is 6.04 Å². The number of hydrogen-bond donors (Lipinski definition) is 2. The zero-order valence-electron chi connectivity index (χ0n) is 9.26. The molecule has 0 aliphatic heterocycles. The van der Waals surface area contributed by atoms with Crippen molar-refractivity contribution in [2.45, 2.75) is 26.4 Å². The number of likely N-dealkylation sites (N-methyl/N-ethyl adjacent to an activating group) is 1. The third-order valence-electron chi connectivity index (χ3n) is 2.12. The molecule has 1 aromatic heterocycles. The lowest BCUT2D eigenvalue weighted by atomic mass is 10.3. The van der Waals surface area contributed by atoms with Crippen LogP contribution in [0.15, 0.2) is 22.8 Å². The van der Waals surface area contributed by atoms with Crippen LogP contribution in [0.1, 0.15) is 19.5 Å². The van der Waals surface area contributed by atoms with Crippen LogP contribution in [0.5, 0.6) is 0 Å². The standard InChI is InChI=1S/C11H18BrN3/c1-3-13-6-9(2)14-8-11-5-4-10(12)7-15-11/h4-5,7,9,13-14H,3,6,8H2,1-2H3. The smallest absolute Gasteiger partial charge is 0.0542 e. The van der Waals surface area contributed by atoms with Gasteiger partial charge >= 0.3 is 0 Å². The summed E-state index contributed by atoms with van der Waals surface area (Å²) in [7, 11) is 0. The van der Waals surface area contributed by atoms with Crippen molar-refractivity contribution in [3.63, 3.8) is 0 Å². The maximum absolute atomic E-state index is 4.30. The number of nitrogens with zero attached hydrogens (tertiary/aromatic N) is 1. The summed E-state index contributed by atoms with van der Waals surface area (Å²) < 4.78 is 1.02. The first kappa shape index (κ1) is 12.6. The highest BCUT2D eigenvalue weighted by Crippen LogP contribution is 2.07. The molecule has 1 rings (SSSR count). The van der Waals surface area contributed by atoms with E-state index in [-0.39, 0.29) is 0 Å². The largest absolute Gasteiger partial charge is 0.315 e. The molecule has 0 spiro atoms. The van der Waals surface area contributed by atoms with Gasteiger partial charge in [-0.2, -0.15) is 0 Å². The highest BCUT2D eigenvalue weighted by atomic mass is 79.9. The molecular weight excluding hydrogens is 254 g/mol. The molecule has 0 aliphatic rings. The third kappa shape index (κ3) is 5.25. The van der Waals surface area contributed by atoms with Crippen molar-refractivity contribution in [3.8, 4) is 0 Å². The summed E-state index contributed by atoms with van der Waals surface area (Å²) in [6.45, 7) is 7.11. The van der Waals surface area contributed by atoms with Crippen molar-refractivity contribution < 1.29 is 0 Å². The Morgan fingerprint density at radius 3 is 2.87 bits per heavy atom. The normalized spacial score (nSPS) is 12.7. The summed E-state index contributed by atoms with van der Waals surface area (Å²) in [6, 6.07) is 4.51. The quantitative estimate of drug-likeness (QED) is 0.831. The minimum atomic E-state index is 0.468. The molecule has 0 aromatic carbocycles. The van der Waals surface area contributed by atoms with E-state index in [4.69, 9.17) is 0 Å². The zero-order valence-corrected chi connectivity index (χ0v) is 10.8. The Morgan fingerprint density at radius 2 is 2.27 bits per heavy atom. The minimum absolute atomic E-state index is 0.468. The van der Waals surface area contributed by atoms with Crippen LogP contribution >= 0.6 is 15.9 Å². The van der Waals surface area contributed by atoms with Gasteiger partial charge in [0.05, 0.1) is 5.69 Å². The first-order valence-corrected chi connectivity index (χ1v) is 6.06. The molecule has 4 heteroatoms. The topological polar surface area (TPSA) is 37.0 Å². The van der Waals surface area contributed by atoms with E-state index in [2.05, 4.69) is 45.4 Å². The van der Waals surface area contributed by atoms with Gasteiger partial charge in [-0.1, -0.05) is 6.92 Å². The van der Waals surface area contributed by atoms with Crippen LogP contribution in [0.4, 0.5) is 0 Å². The van der Waals surface area contributed by atoms with Gasteiger partial charge in [-0.25, -0.2) is 0 Å². The molecule has 3 nitrogen and oxygen atoms in total. The predicted octanol–water partition coefficient (Wildman–Crippen LogP) is 1.93.